The molecule has 0 N–H and O–H groups in total. The average Bonchev–Trinajstić information content (AvgIpc) is 3.60. The maximum Gasteiger partial charge on any atom is 0.0626 e. The molecule has 0 aliphatic heterocycles. The van der Waals surface area contributed by atoms with Crippen molar-refractivity contribution in [3.05, 3.63) is 200 Å². The van der Waals surface area contributed by atoms with Gasteiger partial charge >= 0.3 is 0 Å². The number of benzene rings is 9. The molecule has 0 spiro atoms. The molecule has 0 atom stereocenters. The Morgan fingerprint density at radius 1 is 0.340 bits per heavy atom. The first-order chi connectivity index (χ1) is 26.2. The standard InChI is InChI=1S/C51H36N2/c1-52(40-29-23-37(24-30-40)35-13-4-2-5-14-35)41-31-27-39(28-32-41)43-21-12-22-48-49(43)50-46-19-10-8-17-44(46)45-18-9-11-20-47(45)51(50)53(48)42-33-25-38(26-34-42)36-15-6-3-7-16-36/h2-34H,1H3. The summed E-state index contributed by atoms with van der Waals surface area (Å²) in [5, 5.41) is 7.63. The fourth-order valence-corrected chi connectivity index (χ4v) is 8.18. The lowest BCUT2D eigenvalue weighted by molar-refractivity contribution is 1.19. The summed E-state index contributed by atoms with van der Waals surface area (Å²) in [6.07, 6.45) is 0. The first kappa shape index (κ1) is 30.9. The number of hydrogen-bond donors (Lipinski definition) is 0. The van der Waals surface area contributed by atoms with Crippen LogP contribution in [0.15, 0.2) is 200 Å². The summed E-state index contributed by atoms with van der Waals surface area (Å²) in [4.78, 5) is 2.25. The summed E-state index contributed by atoms with van der Waals surface area (Å²) in [7, 11) is 2.14. The van der Waals surface area contributed by atoms with E-state index in [4.69, 9.17) is 0 Å². The Bertz CT molecular complexity index is 2900. The fourth-order valence-electron chi connectivity index (χ4n) is 8.18. The average molecular weight is 677 g/mol. The second-order valence-corrected chi connectivity index (χ2v) is 13.8. The topological polar surface area (TPSA) is 8.17 Å². The molecule has 0 aliphatic carbocycles. The lowest BCUT2D eigenvalue weighted by Crippen LogP contribution is -2.08. The van der Waals surface area contributed by atoms with Gasteiger partial charge in [-0.25, -0.2) is 0 Å². The van der Waals surface area contributed by atoms with E-state index in [1.54, 1.807) is 0 Å². The van der Waals surface area contributed by atoms with Crippen molar-refractivity contribution in [2.24, 2.45) is 0 Å². The van der Waals surface area contributed by atoms with Crippen LogP contribution in [0.2, 0.25) is 0 Å². The quantitative estimate of drug-likeness (QED) is 0.159. The van der Waals surface area contributed by atoms with Crippen LogP contribution in [0.4, 0.5) is 11.4 Å². The zero-order valence-corrected chi connectivity index (χ0v) is 29.4. The minimum Gasteiger partial charge on any atom is -0.345 e. The summed E-state index contributed by atoms with van der Waals surface area (Å²) in [6.45, 7) is 0. The van der Waals surface area contributed by atoms with Crippen molar-refractivity contribution in [2.75, 3.05) is 11.9 Å². The van der Waals surface area contributed by atoms with E-state index < -0.39 is 0 Å². The van der Waals surface area contributed by atoms with Crippen LogP contribution >= 0.6 is 0 Å². The molecule has 1 heterocycles. The maximum atomic E-state index is 2.49. The molecule has 10 aromatic rings. The van der Waals surface area contributed by atoms with Gasteiger partial charge in [0.2, 0.25) is 0 Å². The van der Waals surface area contributed by atoms with Gasteiger partial charge in [0.15, 0.2) is 0 Å². The minimum atomic E-state index is 1.14. The van der Waals surface area contributed by atoms with Crippen LogP contribution in [-0.4, -0.2) is 11.6 Å². The van der Waals surface area contributed by atoms with Crippen LogP contribution < -0.4 is 4.90 Å². The van der Waals surface area contributed by atoms with Crippen molar-refractivity contribution in [1.29, 1.82) is 0 Å². The first-order valence-electron chi connectivity index (χ1n) is 18.2. The number of rotatable bonds is 6. The molecule has 10 rings (SSSR count). The number of nitrogens with zero attached hydrogens (tertiary/aromatic N) is 2. The molecule has 9 aromatic carbocycles. The molecule has 0 saturated heterocycles. The zero-order chi connectivity index (χ0) is 35.3. The Balaban J connectivity index is 1.14. The third-order valence-corrected chi connectivity index (χ3v) is 10.8. The normalized spacial score (nSPS) is 11.5. The van der Waals surface area contributed by atoms with Crippen molar-refractivity contribution in [1.82, 2.24) is 4.57 Å². The Morgan fingerprint density at radius 2 is 0.792 bits per heavy atom. The smallest absolute Gasteiger partial charge is 0.0626 e. The molecule has 2 nitrogen and oxygen atoms in total. The monoisotopic (exact) mass is 676 g/mol. The Hall–Kier alpha value is -6.90. The van der Waals surface area contributed by atoms with E-state index in [2.05, 4.69) is 217 Å². The first-order valence-corrected chi connectivity index (χ1v) is 18.2. The van der Waals surface area contributed by atoms with E-state index in [0.717, 1.165) is 17.1 Å². The lowest BCUT2D eigenvalue weighted by Gasteiger charge is -2.20. The molecule has 0 bridgehead atoms. The molecule has 0 unspecified atom stereocenters. The van der Waals surface area contributed by atoms with Crippen LogP contribution in [0, 0.1) is 0 Å². The summed E-state index contributed by atoms with van der Waals surface area (Å²) >= 11 is 0. The van der Waals surface area contributed by atoms with Gasteiger partial charge in [0.05, 0.1) is 11.0 Å². The second-order valence-electron chi connectivity index (χ2n) is 13.8. The molecule has 53 heavy (non-hydrogen) atoms. The van der Waals surface area contributed by atoms with Gasteiger partial charge in [-0.15, -0.1) is 0 Å². The molecule has 0 radical (unpaired) electrons. The second kappa shape index (κ2) is 12.7. The van der Waals surface area contributed by atoms with Gasteiger partial charge in [0.25, 0.3) is 0 Å². The third-order valence-electron chi connectivity index (χ3n) is 10.8. The summed E-state index contributed by atoms with van der Waals surface area (Å²) < 4.78 is 2.49. The molecular formula is C51H36N2. The van der Waals surface area contributed by atoms with Crippen LogP contribution in [-0.2, 0) is 0 Å². The third kappa shape index (κ3) is 5.19. The summed E-state index contributed by atoms with van der Waals surface area (Å²) in [5.41, 5.74) is 13.2. The van der Waals surface area contributed by atoms with E-state index in [9.17, 15) is 0 Å². The van der Waals surface area contributed by atoms with Crippen LogP contribution in [0.1, 0.15) is 0 Å². The number of hydrogen-bond acceptors (Lipinski definition) is 1. The van der Waals surface area contributed by atoms with Crippen molar-refractivity contribution < 1.29 is 0 Å². The molecule has 0 aliphatic rings. The van der Waals surface area contributed by atoms with E-state index in [1.165, 1.54) is 76.7 Å². The van der Waals surface area contributed by atoms with E-state index in [-0.39, 0.29) is 0 Å². The Morgan fingerprint density at radius 3 is 1.38 bits per heavy atom. The van der Waals surface area contributed by atoms with Gasteiger partial charge in [-0.05, 0) is 92.0 Å². The predicted octanol–water partition coefficient (Wildman–Crippen LogP) is 13.9. The largest absolute Gasteiger partial charge is 0.345 e. The molecular weight excluding hydrogens is 641 g/mol. The highest BCUT2D eigenvalue weighted by Gasteiger charge is 2.21. The van der Waals surface area contributed by atoms with Crippen LogP contribution in [0.5, 0.6) is 0 Å². The van der Waals surface area contributed by atoms with Crippen LogP contribution in [0.25, 0.3) is 82.4 Å². The molecule has 0 fully saturated rings. The maximum absolute atomic E-state index is 2.49. The van der Waals surface area contributed by atoms with Crippen molar-refractivity contribution in [2.45, 2.75) is 0 Å². The highest BCUT2D eigenvalue weighted by Crippen LogP contribution is 2.46. The molecule has 2 heteroatoms. The summed E-state index contributed by atoms with van der Waals surface area (Å²) in [5.74, 6) is 0. The van der Waals surface area contributed by atoms with Crippen LogP contribution in [0.3, 0.4) is 0 Å². The van der Waals surface area contributed by atoms with Gasteiger partial charge in [-0.2, -0.15) is 0 Å². The predicted molar refractivity (Wildman–Crippen MR) is 227 cm³/mol. The number of anilines is 2. The zero-order valence-electron chi connectivity index (χ0n) is 29.4. The molecule has 250 valence electrons. The van der Waals surface area contributed by atoms with Gasteiger partial charge < -0.3 is 9.47 Å². The van der Waals surface area contributed by atoms with Gasteiger partial charge in [0.1, 0.15) is 0 Å². The van der Waals surface area contributed by atoms with Gasteiger partial charge in [-0.3, -0.25) is 0 Å². The SMILES string of the molecule is CN(c1ccc(-c2ccccc2)cc1)c1ccc(-c2cccc3c2c2c4ccccc4c4ccccc4c2n3-c2ccc(-c3ccccc3)cc2)cc1. The van der Waals surface area contributed by atoms with Crippen molar-refractivity contribution >= 4 is 54.7 Å². The van der Waals surface area contributed by atoms with Crippen molar-refractivity contribution in [3.8, 4) is 39.1 Å². The van der Waals surface area contributed by atoms with Crippen molar-refractivity contribution in [3.63, 3.8) is 0 Å². The summed E-state index contributed by atoms with van der Waals surface area (Å²) in [6, 6.07) is 72.6. The van der Waals surface area contributed by atoms with Gasteiger partial charge in [0, 0.05) is 40.3 Å². The fraction of sp³-hybridized carbons (Fsp3) is 0.0196. The molecule has 1 aromatic heterocycles. The van der Waals surface area contributed by atoms with E-state index in [0.29, 0.717) is 0 Å². The number of fused-ring (bicyclic) bond motifs is 8. The Labute approximate surface area is 309 Å². The highest BCUT2D eigenvalue weighted by atomic mass is 15.1. The minimum absolute atomic E-state index is 1.14. The van der Waals surface area contributed by atoms with Gasteiger partial charge in [-0.1, -0.05) is 158 Å². The highest BCUT2D eigenvalue weighted by molar-refractivity contribution is 6.34. The Kier molecular flexibility index (Phi) is 7.40. The molecule has 0 amide bonds. The van der Waals surface area contributed by atoms with E-state index in [1.807, 2.05) is 0 Å². The number of aromatic nitrogens is 1. The lowest BCUT2D eigenvalue weighted by atomic mass is 9.93. The molecule has 0 saturated carbocycles. The van der Waals surface area contributed by atoms with E-state index >= 15 is 0 Å².